The highest BCUT2D eigenvalue weighted by Gasteiger charge is 2.10. The Morgan fingerprint density at radius 3 is 2.76 bits per heavy atom. The van der Waals surface area contributed by atoms with Gasteiger partial charge >= 0.3 is 0 Å². The Hall–Kier alpha value is -1.82. The van der Waals surface area contributed by atoms with E-state index in [9.17, 15) is 0 Å². The maximum atomic E-state index is 5.11. The van der Waals surface area contributed by atoms with Gasteiger partial charge in [-0.05, 0) is 19.4 Å². The van der Waals surface area contributed by atoms with E-state index in [0.717, 1.165) is 6.42 Å². The van der Waals surface area contributed by atoms with Gasteiger partial charge in [0.15, 0.2) is 0 Å². The monoisotopic (exact) mass is 233 g/mol. The number of hydrogen-bond donors (Lipinski definition) is 1. The van der Waals surface area contributed by atoms with Gasteiger partial charge < -0.3 is 9.84 Å². The highest BCUT2D eigenvalue weighted by Crippen LogP contribution is 2.08. The molecule has 2 aromatic heterocycles. The van der Waals surface area contributed by atoms with Gasteiger partial charge in [0.1, 0.15) is 0 Å². The van der Waals surface area contributed by atoms with Crippen molar-refractivity contribution in [3.05, 3.63) is 24.4 Å². The van der Waals surface area contributed by atoms with E-state index in [1.807, 2.05) is 0 Å². The maximum Gasteiger partial charge on any atom is 0.241 e. The van der Waals surface area contributed by atoms with E-state index >= 15 is 0 Å². The van der Waals surface area contributed by atoms with Crippen LogP contribution < -0.4 is 5.32 Å². The van der Waals surface area contributed by atoms with Gasteiger partial charge in [0.25, 0.3) is 0 Å². The van der Waals surface area contributed by atoms with Crippen LogP contribution in [0.3, 0.4) is 0 Å². The molecule has 0 aliphatic carbocycles. The molecule has 0 aliphatic heterocycles. The molecule has 0 radical (unpaired) electrons. The van der Waals surface area contributed by atoms with Gasteiger partial charge in [-0.3, -0.25) is 0 Å². The van der Waals surface area contributed by atoms with E-state index in [1.54, 1.807) is 18.5 Å². The Kier molecular flexibility index (Phi) is 3.77. The summed E-state index contributed by atoms with van der Waals surface area (Å²) in [5, 5.41) is 7.12. The lowest BCUT2D eigenvalue weighted by Gasteiger charge is -2.07. The summed E-state index contributed by atoms with van der Waals surface area (Å²) in [6.45, 7) is 4.79. The number of hydrogen-bond acceptors (Lipinski definition) is 6. The topological polar surface area (TPSA) is 76.7 Å². The SMILES string of the molecule is CCC(C)NCc1nc(-c2ncccn2)no1. The van der Waals surface area contributed by atoms with Gasteiger partial charge in [-0.1, -0.05) is 12.1 Å². The molecule has 17 heavy (non-hydrogen) atoms. The van der Waals surface area contributed by atoms with Crippen LogP contribution in [0.5, 0.6) is 0 Å². The molecule has 0 spiro atoms. The predicted octanol–water partition coefficient (Wildman–Crippen LogP) is 1.41. The third-order valence-electron chi connectivity index (χ3n) is 2.45. The van der Waals surface area contributed by atoms with Crippen molar-refractivity contribution in [2.75, 3.05) is 0 Å². The van der Waals surface area contributed by atoms with Crippen molar-refractivity contribution in [3.63, 3.8) is 0 Å². The molecule has 6 nitrogen and oxygen atoms in total. The van der Waals surface area contributed by atoms with Crippen LogP contribution >= 0.6 is 0 Å². The summed E-state index contributed by atoms with van der Waals surface area (Å²) in [6, 6.07) is 2.17. The van der Waals surface area contributed by atoms with Crippen molar-refractivity contribution < 1.29 is 4.52 Å². The van der Waals surface area contributed by atoms with Crippen molar-refractivity contribution in [2.24, 2.45) is 0 Å². The number of aromatic nitrogens is 4. The fraction of sp³-hybridized carbons (Fsp3) is 0.455. The fourth-order valence-electron chi connectivity index (χ4n) is 1.24. The van der Waals surface area contributed by atoms with Crippen LogP contribution in [0.2, 0.25) is 0 Å². The number of nitrogens with one attached hydrogen (secondary N) is 1. The van der Waals surface area contributed by atoms with Crippen LogP contribution in [-0.4, -0.2) is 26.2 Å². The molecule has 0 aromatic carbocycles. The maximum absolute atomic E-state index is 5.11. The first kappa shape index (κ1) is 11.7. The van der Waals surface area contributed by atoms with Crippen molar-refractivity contribution in [2.45, 2.75) is 32.9 Å². The van der Waals surface area contributed by atoms with Crippen molar-refractivity contribution in [1.82, 2.24) is 25.4 Å². The summed E-state index contributed by atoms with van der Waals surface area (Å²) in [7, 11) is 0. The van der Waals surface area contributed by atoms with Crippen LogP contribution in [0, 0.1) is 0 Å². The largest absolute Gasteiger partial charge is 0.337 e. The van der Waals surface area contributed by atoms with Crippen LogP contribution in [-0.2, 0) is 6.54 Å². The first-order valence-corrected chi connectivity index (χ1v) is 5.63. The third-order valence-corrected chi connectivity index (χ3v) is 2.45. The van der Waals surface area contributed by atoms with Gasteiger partial charge in [0.05, 0.1) is 6.54 Å². The molecule has 0 saturated heterocycles. The van der Waals surface area contributed by atoms with Crippen LogP contribution in [0.25, 0.3) is 11.6 Å². The second-order valence-electron chi connectivity index (χ2n) is 3.77. The lowest BCUT2D eigenvalue weighted by molar-refractivity contribution is 0.358. The molecule has 0 bridgehead atoms. The van der Waals surface area contributed by atoms with Gasteiger partial charge in [-0.2, -0.15) is 4.98 Å². The molecule has 1 atom stereocenters. The van der Waals surface area contributed by atoms with E-state index < -0.39 is 0 Å². The molecule has 0 fully saturated rings. The molecule has 2 heterocycles. The smallest absolute Gasteiger partial charge is 0.241 e. The average molecular weight is 233 g/mol. The molecule has 0 aliphatic rings. The van der Waals surface area contributed by atoms with Crippen LogP contribution in [0.4, 0.5) is 0 Å². The fourth-order valence-corrected chi connectivity index (χ4v) is 1.24. The van der Waals surface area contributed by atoms with Gasteiger partial charge in [0.2, 0.25) is 17.5 Å². The molecule has 0 amide bonds. The minimum absolute atomic E-state index is 0.423. The van der Waals surface area contributed by atoms with E-state index in [1.165, 1.54) is 0 Å². The zero-order chi connectivity index (χ0) is 12.1. The highest BCUT2D eigenvalue weighted by molar-refractivity contribution is 5.40. The zero-order valence-corrected chi connectivity index (χ0v) is 9.92. The van der Waals surface area contributed by atoms with E-state index in [4.69, 9.17) is 4.52 Å². The molecule has 90 valence electrons. The Bertz CT molecular complexity index is 456. The molecule has 0 saturated carbocycles. The molecule has 1 unspecified atom stereocenters. The first-order chi connectivity index (χ1) is 8.29. The quantitative estimate of drug-likeness (QED) is 0.841. The van der Waals surface area contributed by atoms with Crippen molar-refractivity contribution in [3.8, 4) is 11.6 Å². The molecule has 6 heteroatoms. The Balaban J connectivity index is 2.01. The lowest BCUT2D eigenvalue weighted by atomic mass is 10.3. The third kappa shape index (κ3) is 3.07. The highest BCUT2D eigenvalue weighted by atomic mass is 16.5. The first-order valence-electron chi connectivity index (χ1n) is 5.63. The molecular formula is C11H15N5O. The van der Waals surface area contributed by atoms with E-state index in [2.05, 4.69) is 39.3 Å². The second kappa shape index (κ2) is 5.49. The van der Waals surface area contributed by atoms with Crippen LogP contribution in [0.1, 0.15) is 26.2 Å². The molecule has 1 N–H and O–H groups in total. The zero-order valence-electron chi connectivity index (χ0n) is 9.92. The van der Waals surface area contributed by atoms with E-state index in [-0.39, 0.29) is 0 Å². The predicted molar refractivity (Wildman–Crippen MR) is 61.9 cm³/mol. The summed E-state index contributed by atoms with van der Waals surface area (Å²) >= 11 is 0. The Morgan fingerprint density at radius 2 is 2.06 bits per heavy atom. The van der Waals surface area contributed by atoms with Gasteiger partial charge in [-0.15, -0.1) is 0 Å². The summed E-state index contributed by atoms with van der Waals surface area (Å²) in [4.78, 5) is 12.3. The van der Waals surface area contributed by atoms with Crippen molar-refractivity contribution >= 4 is 0 Å². The Labute approximate surface area is 99.5 Å². The van der Waals surface area contributed by atoms with Crippen molar-refractivity contribution in [1.29, 1.82) is 0 Å². The molecular weight excluding hydrogens is 218 g/mol. The number of nitrogens with zero attached hydrogens (tertiary/aromatic N) is 4. The average Bonchev–Trinajstić information content (AvgIpc) is 2.86. The minimum Gasteiger partial charge on any atom is -0.337 e. The molecule has 2 aromatic rings. The van der Waals surface area contributed by atoms with Gasteiger partial charge in [-0.25, -0.2) is 9.97 Å². The standard InChI is InChI=1S/C11H15N5O/c1-3-8(2)14-7-9-15-11(16-17-9)10-12-5-4-6-13-10/h4-6,8,14H,3,7H2,1-2H3. The molecule has 2 rings (SSSR count). The van der Waals surface area contributed by atoms with E-state index in [0.29, 0.717) is 30.1 Å². The lowest BCUT2D eigenvalue weighted by Crippen LogP contribution is -2.24. The Morgan fingerprint density at radius 1 is 1.29 bits per heavy atom. The normalized spacial score (nSPS) is 12.6. The summed E-state index contributed by atoms with van der Waals surface area (Å²) in [5.74, 6) is 1.45. The van der Waals surface area contributed by atoms with Gasteiger partial charge in [0, 0.05) is 18.4 Å². The second-order valence-corrected chi connectivity index (χ2v) is 3.77. The summed E-state index contributed by atoms with van der Waals surface area (Å²) < 4.78 is 5.11. The minimum atomic E-state index is 0.423. The van der Waals surface area contributed by atoms with Crippen LogP contribution in [0.15, 0.2) is 23.0 Å². The number of rotatable bonds is 5. The summed E-state index contributed by atoms with van der Waals surface area (Å²) in [6.07, 6.45) is 4.36. The summed E-state index contributed by atoms with van der Waals surface area (Å²) in [5.41, 5.74) is 0.